The molecule has 0 aliphatic heterocycles. The normalized spacial score (nSPS) is 18.8. The zero-order chi connectivity index (χ0) is 18.0. The van der Waals surface area contributed by atoms with Crippen molar-refractivity contribution in [1.29, 1.82) is 0 Å². The van der Waals surface area contributed by atoms with E-state index >= 15 is 0 Å². The highest BCUT2D eigenvalue weighted by Crippen LogP contribution is 2.20. The predicted molar refractivity (Wildman–Crippen MR) is 109 cm³/mol. The van der Waals surface area contributed by atoms with Crippen LogP contribution in [0, 0.1) is 0 Å². The van der Waals surface area contributed by atoms with E-state index in [0.717, 1.165) is 23.5 Å². The van der Waals surface area contributed by atoms with E-state index in [1.54, 1.807) is 6.20 Å². The van der Waals surface area contributed by atoms with Crippen LogP contribution in [-0.2, 0) is 11.2 Å². The Morgan fingerprint density at radius 3 is 2.65 bits per heavy atom. The van der Waals surface area contributed by atoms with E-state index in [9.17, 15) is 4.79 Å². The summed E-state index contributed by atoms with van der Waals surface area (Å²) >= 11 is 1.51. The first-order chi connectivity index (χ1) is 12.8. The molecule has 132 valence electrons. The summed E-state index contributed by atoms with van der Waals surface area (Å²) < 4.78 is 0. The summed E-state index contributed by atoms with van der Waals surface area (Å²) in [5.74, 6) is 0.0937. The molecule has 3 nitrogen and oxygen atoms in total. The highest BCUT2D eigenvalue weighted by atomic mass is 32.1. The van der Waals surface area contributed by atoms with Gasteiger partial charge < -0.3 is 0 Å². The average Bonchev–Trinajstić information content (AvgIpc) is 3.15. The van der Waals surface area contributed by atoms with Crippen LogP contribution in [0.2, 0.25) is 0 Å². The molecule has 0 spiro atoms. The van der Waals surface area contributed by atoms with Crippen LogP contribution in [0.15, 0.2) is 90.0 Å². The highest BCUT2D eigenvalue weighted by molar-refractivity contribution is 7.13. The Kier molecular flexibility index (Phi) is 6.73. The molecular formula is C22H22N2OS. The van der Waals surface area contributed by atoms with Gasteiger partial charge in [0.25, 0.3) is 0 Å². The quantitative estimate of drug-likeness (QED) is 0.686. The van der Waals surface area contributed by atoms with Gasteiger partial charge in [-0.15, -0.1) is 11.3 Å². The number of hydrogen-bond donors (Lipinski definition) is 0. The fourth-order valence-corrected chi connectivity index (χ4v) is 3.44. The third-order valence-electron chi connectivity index (χ3n) is 4.06. The van der Waals surface area contributed by atoms with Crippen LogP contribution in [-0.4, -0.2) is 17.4 Å². The molecule has 0 radical (unpaired) electrons. The van der Waals surface area contributed by atoms with Crippen LogP contribution in [0.4, 0.5) is 5.13 Å². The maximum Gasteiger partial charge on any atom is 0.233 e. The number of anilines is 1. The van der Waals surface area contributed by atoms with Crippen LogP contribution in [0.5, 0.6) is 0 Å². The molecule has 0 unspecified atom stereocenters. The van der Waals surface area contributed by atoms with E-state index in [4.69, 9.17) is 0 Å². The monoisotopic (exact) mass is 362 g/mol. The Balaban J connectivity index is 1.62. The van der Waals surface area contributed by atoms with E-state index in [-0.39, 0.29) is 5.91 Å². The Morgan fingerprint density at radius 2 is 1.85 bits per heavy atom. The topological polar surface area (TPSA) is 33.2 Å². The van der Waals surface area contributed by atoms with Gasteiger partial charge in [-0.2, -0.15) is 0 Å². The van der Waals surface area contributed by atoms with Gasteiger partial charge in [0.05, 0.1) is 6.42 Å². The summed E-state index contributed by atoms with van der Waals surface area (Å²) in [6, 6.07) is 9.87. The lowest BCUT2D eigenvalue weighted by Gasteiger charge is -2.20. The van der Waals surface area contributed by atoms with Crippen molar-refractivity contribution in [2.45, 2.75) is 19.3 Å². The molecule has 26 heavy (non-hydrogen) atoms. The maximum atomic E-state index is 12.8. The number of carbonyl (C=O) groups is 1. The molecule has 0 atom stereocenters. The van der Waals surface area contributed by atoms with Crippen LogP contribution < -0.4 is 4.90 Å². The smallest absolute Gasteiger partial charge is 0.233 e. The third kappa shape index (κ3) is 5.39. The third-order valence-corrected chi connectivity index (χ3v) is 4.86. The van der Waals surface area contributed by atoms with Crippen molar-refractivity contribution in [3.63, 3.8) is 0 Å². The first kappa shape index (κ1) is 18.1. The first-order valence-corrected chi connectivity index (χ1v) is 9.65. The number of thiazole rings is 1. The lowest BCUT2D eigenvalue weighted by molar-refractivity contribution is -0.118. The van der Waals surface area contributed by atoms with E-state index in [1.165, 1.54) is 16.9 Å². The molecule has 1 aliphatic rings. The second-order valence-corrected chi connectivity index (χ2v) is 6.87. The summed E-state index contributed by atoms with van der Waals surface area (Å²) in [7, 11) is 0. The number of hydrogen-bond acceptors (Lipinski definition) is 3. The van der Waals surface area contributed by atoms with Crippen LogP contribution in [0.3, 0.4) is 0 Å². The number of aromatic nitrogens is 1. The molecule has 0 saturated carbocycles. The lowest BCUT2D eigenvalue weighted by Crippen LogP contribution is -2.33. The molecule has 2 aromatic rings. The first-order valence-electron chi connectivity index (χ1n) is 8.77. The second-order valence-electron chi connectivity index (χ2n) is 6.00. The zero-order valence-corrected chi connectivity index (χ0v) is 15.4. The zero-order valence-electron chi connectivity index (χ0n) is 14.6. The number of carbonyl (C=O) groups excluding carboxylic acids is 1. The number of benzene rings is 1. The molecular weight excluding hydrogens is 340 g/mol. The van der Waals surface area contributed by atoms with E-state index in [1.807, 2.05) is 58.8 Å². The van der Waals surface area contributed by atoms with Gasteiger partial charge in [0, 0.05) is 18.1 Å². The molecule has 0 saturated heterocycles. The van der Waals surface area contributed by atoms with E-state index < -0.39 is 0 Å². The second kappa shape index (κ2) is 9.68. The van der Waals surface area contributed by atoms with E-state index in [0.29, 0.717) is 13.0 Å². The summed E-state index contributed by atoms with van der Waals surface area (Å²) in [5, 5.41) is 2.69. The molecule has 1 aromatic heterocycles. The van der Waals surface area contributed by atoms with Gasteiger partial charge in [-0.1, -0.05) is 72.9 Å². The highest BCUT2D eigenvalue weighted by Gasteiger charge is 2.18. The minimum atomic E-state index is 0.0937. The lowest BCUT2D eigenvalue weighted by atomic mass is 10.1. The number of nitrogens with zero attached hydrogens (tertiary/aromatic N) is 2. The molecule has 3 rings (SSSR count). The van der Waals surface area contributed by atoms with Gasteiger partial charge in [-0.25, -0.2) is 4.98 Å². The van der Waals surface area contributed by atoms with Crippen molar-refractivity contribution in [1.82, 2.24) is 4.98 Å². The Labute approximate surface area is 158 Å². The van der Waals surface area contributed by atoms with Crippen LogP contribution >= 0.6 is 11.3 Å². The number of allylic oxidation sites excluding steroid dienone is 8. The number of amides is 1. The molecule has 4 heteroatoms. The largest absolute Gasteiger partial charge is 0.288 e. The SMILES string of the molecule is O=C(Cc1ccccc1)N(CCCC1=C/C=C\C=C/C=C\1)c1nccs1. The van der Waals surface area contributed by atoms with Gasteiger partial charge >= 0.3 is 0 Å². The summed E-state index contributed by atoms with van der Waals surface area (Å²) in [4.78, 5) is 19.0. The van der Waals surface area contributed by atoms with Gasteiger partial charge in [-0.3, -0.25) is 9.69 Å². The molecule has 1 aromatic carbocycles. The van der Waals surface area contributed by atoms with Crippen molar-refractivity contribution in [3.05, 3.63) is 95.6 Å². The summed E-state index contributed by atoms with van der Waals surface area (Å²) in [6.07, 6.45) is 18.4. The minimum absolute atomic E-state index is 0.0937. The summed E-state index contributed by atoms with van der Waals surface area (Å²) in [6.45, 7) is 0.671. The van der Waals surface area contributed by atoms with Crippen molar-refractivity contribution >= 4 is 22.4 Å². The summed E-state index contributed by atoms with van der Waals surface area (Å²) in [5.41, 5.74) is 2.29. The van der Waals surface area contributed by atoms with Gasteiger partial charge in [0.1, 0.15) is 0 Å². The van der Waals surface area contributed by atoms with Gasteiger partial charge in [0.2, 0.25) is 5.91 Å². The molecule has 0 fully saturated rings. The molecule has 1 heterocycles. The Morgan fingerprint density at radius 1 is 1.04 bits per heavy atom. The van der Waals surface area contributed by atoms with Crippen LogP contribution in [0.1, 0.15) is 18.4 Å². The van der Waals surface area contributed by atoms with Gasteiger partial charge in [0.15, 0.2) is 5.13 Å². The number of rotatable bonds is 7. The van der Waals surface area contributed by atoms with Crippen molar-refractivity contribution in [2.24, 2.45) is 0 Å². The van der Waals surface area contributed by atoms with Crippen LogP contribution in [0.25, 0.3) is 0 Å². The van der Waals surface area contributed by atoms with Crippen molar-refractivity contribution in [3.8, 4) is 0 Å². The van der Waals surface area contributed by atoms with Gasteiger partial charge in [-0.05, 0) is 24.0 Å². The maximum absolute atomic E-state index is 12.8. The van der Waals surface area contributed by atoms with Crippen molar-refractivity contribution < 1.29 is 4.79 Å². The predicted octanol–water partition coefficient (Wildman–Crippen LogP) is 5.11. The molecule has 0 bridgehead atoms. The molecule has 1 amide bonds. The Bertz CT molecular complexity index is 817. The molecule has 1 aliphatic carbocycles. The van der Waals surface area contributed by atoms with Crippen molar-refractivity contribution in [2.75, 3.05) is 11.4 Å². The average molecular weight is 362 g/mol. The van der Waals surface area contributed by atoms with E-state index in [2.05, 4.69) is 29.3 Å². The fourth-order valence-electron chi connectivity index (χ4n) is 2.76. The fraction of sp³-hybridized carbons (Fsp3) is 0.182. The molecule has 0 N–H and O–H groups in total. The Hall–Kier alpha value is -2.72. The standard InChI is InChI=1S/C22H22N2OS/c25-21(18-20-12-7-4-8-13-20)24(22-23-15-17-26-22)16-9-14-19-10-5-2-1-3-6-11-19/h1-8,10-13,15,17H,9,14,16,18H2/b2-1-,3-1?,5-2?,6-3-,10-5-,11-6?,19-10?,19-11+. The minimum Gasteiger partial charge on any atom is -0.288 e.